The summed E-state index contributed by atoms with van der Waals surface area (Å²) in [5, 5.41) is 12.2. The van der Waals surface area contributed by atoms with Crippen LogP contribution in [-0.4, -0.2) is 77.5 Å². The van der Waals surface area contributed by atoms with Gasteiger partial charge in [0.1, 0.15) is 28.6 Å². The molecule has 0 unspecified atom stereocenters. The number of hydrogen-bond acceptors (Lipinski definition) is 8. The largest absolute Gasteiger partial charge is 0.508 e. The Morgan fingerprint density at radius 2 is 1.93 bits per heavy atom. The Kier molecular flexibility index (Phi) is 6.89. The molecule has 2 aliphatic heterocycles. The van der Waals surface area contributed by atoms with Gasteiger partial charge >= 0.3 is 6.01 Å². The number of halogens is 2. The van der Waals surface area contributed by atoms with Gasteiger partial charge in [-0.25, -0.2) is 8.78 Å². The van der Waals surface area contributed by atoms with Crippen LogP contribution in [0.25, 0.3) is 32.9 Å². The molecule has 3 aliphatic rings. The topological polar surface area (TPSA) is 83.8 Å². The molecule has 43 heavy (non-hydrogen) atoms. The number of nitrogens with zero attached hydrogens (tertiary/aromatic N) is 5. The molecule has 1 spiro atoms. The highest BCUT2D eigenvalue weighted by atomic mass is 19.1. The predicted molar refractivity (Wildman–Crippen MR) is 162 cm³/mol. The summed E-state index contributed by atoms with van der Waals surface area (Å²) in [5.41, 5.74) is 0.676. The first kappa shape index (κ1) is 28.2. The first-order valence-electron chi connectivity index (χ1n) is 15.2. The molecule has 0 amide bonds. The molecule has 2 aromatic carbocycles. The SMILES string of the molecule is CCc1c(F)ccc2cc(O)cc(-c3ncc4c(N5CCC[C@]6(CCO6)C5)nc(OCC5(CN(C)C)CC5)nc4c3F)c12. The summed E-state index contributed by atoms with van der Waals surface area (Å²) >= 11 is 0. The molecule has 8 nitrogen and oxygen atoms in total. The number of piperidine rings is 1. The number of aromatic hydroxyl groups is 1. The second-order valence-electron chi connectivity index (χ2n) is 12.8. The van der Waals surface area contributed by atoms with Gasteiger partial charge in [0.05, 0.1) is 24.2 Å². The highest BCUT2D eigenvalue weighted by molar-refractivity contribution is 6.01. The van der Waals surface area contributed by atoms with Gasteiger partial charge in [0.2, 0.25) is 0 Å². The number of phenols is 1. The van der Waals surface area contributed by atoms with E-state index >= 15 is 4.39 Å². The fourth-order valence-corrected chi connectivity index (χ4v) is 6.95. The Hall–Kier alpha value is -3.63. The highest BCUT2D eigenvalue weighted by Crippen LogP contribution is 2.46. The van der Waals surface area contributed by atoms with Gasteiger partial charge in [-0.2, -0.15) is 9.97 Å². The summed E-state index contributed by atoms with van der Waals surface area (Å²) in [5.74, 6) is -0.525. The third kappa shape index (κ3) is 5.04. The van der Waals surface area contributed by atoms with E-state index < -0.39 is 5.82 Å². The average molecular weight is 590 g/mol. The van der Waals surface area contributed by atoms with Gasteiger partial charge in [0.25, 0.3) is 0 Å². The molecule has 10 heteroatoms. The van der Waals surface area contributed by atoms with Crippen LogP contribution in [0, 0.1) is 17.0 Å². The number of benzene rings is 2. The van der Waals surface area contributed by atoms with Gasteiger partial charge in [-0.3, -0.25) is 4.98 Å². The molecule has 4 aromatic rings. The minimum Gasteiger partial charge on any atom is -0.508 e. The zero-order chi connectivity index (χ0) is 29.9. The van der Waals surface area contributed by atoms with Crippen LogP contribution in [0.2, 0.25) is 0 Å². The zero-order valence-electron chi connectivity index (χ0n) is 24.9. The lowest BCUT2D eigenvalue weighted by Crippen LogP contribution is -2.56. The number of hydrogen-bond donors (Lipinski definition) is 1. The van der Waals surface area contributed by atoms with E-state index in [4.69, 9.17) is 14.5 Å². The summed E-state index contributed by atoms with van der Waals surface area (Å²) in [7, 11) is 4.09. The number of rotatable bonds is 8. The Morgan fingerprint density at radius 1 is 1.12 bits per heavy atom. The van der Waals surface area contributed by atoms with E-state index in [0.29, 0.717) is 52.7 Å². The van der Waals surface area contributed by atoms with Crippen molar-refractivity contribution < 1.29 is 23.4 Å². The van der Waals surface area contributed by atoms with Crippen molar-refractivity contribution in [2.24, 2.45) is 5.41 Å². The van der Waals surface area contributed by atoms with Gasteiger partial charge in [-0.15, -0.1) is 0 Å². The molecule has 2 saturated heterocycles. The van der Waals surface area contributed by atoms with Crippen LogP contribution in [0.1, 0.15) is 44.6 Å². The smallest absolute Gasteiger partial charge is 0.319 e. The van der Waals surface area contributed by atoms with E-state index in [1.54, 1.807) is 18.3 Å². The van der Waals surface area contributed by atoms with Gasteiger partial charge in [0.15, 0.2) is 5.82 Å². The van der Waals surface area contributed by atoms with Crippen molar-refractivity contribution >= 4 is 27.5 Å². The maximum Gasteiger partial charge on any atom is 0.319 e. The number of phenolic OH excluding ortho intramolecular Hbond substituents is 1. The molecule has 7 rings (SSSR count). The Bertz CT molecular complexity index is 1720. The van der Waals surface area contributed by atoms with Crippen molar-refractivity contribution in [2.45, 2.75) is 51.0 Å². The van der Waals surface area contributed by atoms with Crippen LogP contribution in [0.5, 0.6) is 11.8 Å². The molecular weight excluding hydrogens is 552 g/mol. The standard InChI is InChI=1S/C33H37F2N5O3/c1-4-22-25(34)7-6-20-14-21(41)15-23(26(20)22)28-27(35)29-24(16-36-28)30(40-12-5-8-33(18-40)11-13-43-33)38-31(37-29)42-19-32(9-10-32)17-39(2)3/h6-7,14-16,41H,4-5,8-13,17-19H2,1-3H3/t33-/m0/s1. The summed E-state index contributed by atoms with van der Waals surface area (Å²) < 4.78 is 43.9. The molecule has 0 bridgehead atoms. The van der Waals surface area contributed by atoms with Crippen molar-refractivity contribution in [1.82, 2.24) is 19.9 Å². The van der Waals surface area contributed by atoms with Gasteiger partial charge < -0.3 is 24.4 Å². The molecule has 2 aromatic heterocycles. The lowest BCUT2D eigenvalue weighted by molar-refractivity contribution is -0.151. The minimum absolute atomic E-state index is 0.00647. The molecule has 1 atom stereocenters. The third-order valence-corrected chi connectivity index (χ3v) is 9.33. The van der Waals surface area contributed by atoms with Crippen LogP contribution < -0.4 is 9.64 Å². The Balaban J connectivity index is 1.37. The molecule has 4 heterocycles. The summed E-state index contributed by atoms with van der Waals surface area (Å²) in [6, 6.07) is 6.09. The lowest BCUT2D eigenvalue weighted by atomic mass is 9.86. The minimum atomic E-state index is -0.662. The quantitative estimate of drug-likeness (QED) is 0.273. The Labute approximate surface area is 249 Å². The van der Waals surface area contributed by atoms with Crippen molar-refractivity contribution in [3.63, 3.8) is 0 Å². The maximum absolute atomic E-state index is 16.7. The molecule has 226 valence electrons. The van der Waals surface area contributed by atoms with Crippen LogP contribution in [0.4, 0.5) is 14.6 Å². The summed E-state index contributed by atoms with van der Waals surface area (Å²) in [6.07, 6.45) is 7.00. The number of aryl methyl sites for hydroxylation is 1. The van der Waals surface area contributed by atoms with Crippen LogP contribution >= 0.6 is 0 Å². The zero-order valence-corrected chi connectivity index (χ0v) is 24.9. The number of anilines is 1. The normalized spacial score (nSPS) is 21.1. The van der Waals surface area contributed by atoms with Crippen molar-refractivity contribution in [3.05, 3.63) is 47.7 Å². The van der Waals surface area contributed by atoms with Crippen LogP contribution in [0.15, 0.2) is 30.5 Å². The molecule has 1 N–H and O–H groups in total. The summed E-state index contributed by atoms with van der Waals surface area (Å²) in [4.78, 5) is 18.3. The number of aromatic nitrogens is 3. The molecule has 3 fully saturated rings. The van der Waals surface area contributed by atoms with E-state index in [9.17, 15) is 9.50 Å². The monoisotopic (exact) mass is 589 g/mol. The molecular formula is C33H37F2N5O3. The van der Waals surface area contributed by atoms with Gasteiger partial charge in [-0.05, 0) is 80.7 Å². The average Bonchev–Trinajstić information content (AvgIpc) is 3.74. The highest BCUT2D eigenvalue weighted by Gasteiger charge is 2.45. The van der Waals surface area contributed by atoms with Crippen molar-refractivity contribution in [3.8, 4) is 23.0 Å². The lowest BCUT2D eigenvalue weighted by Gasteiger charge is -2.48. The Morgan fingerprint density at radius 3 is 2.63 bits per heavy atom. The fourth-order valence-electron chi connectivity index (χ4n) is 6.95. The van der Waals surface area contributed by atoms with E-state index in [1.807, 2.05) is 21.0 Å². The van der Waals surface area contributed by atoms with E-state index in [0.717, 1.165) is 51.8 Å². The predicted octanol–water partition coefficient (Wildman–Crippen LogP) is 5.87. The molecule has 1 saturated carbocycles. The summed E-state index contributed by atoms with van der Waals surface area (Å²) in [6.45, 7) is 5.34. The van der Waals surface area contributed by atoms with E-state index in [-0.39, 0.29) is 39.8 Å². The van der Waals surface area contributed by atoms with Crippen LogP contribution in [-0.2, 0) is 11.2 Å². The van der Waals surface area contributed by atoms with Crippen molar-refractivity contribution in [2.75, 3.05) is 51.8 Å². The second kappa shape index (κ2) is 10.5. The van der Waals surface area contributed by atoms with Gasteiger partial charge in [-0.1, -0.05) is 13.0 Å². The second-order valence-corrected chi connectivity index (χ2v) is 12.8. The van der Waals surface area contributed by atoms with Gasteiger partial charge in [0, 0.05) is 43.2 Å². The van der Waals surface area contributed by atoms with Crippen LogP contribution in [0.3, 0.4) is 0 Å². The van der Waals surface area contributed by atoms with Crippen molar-refractivity contribution in [1.29, 1.82) is 0 Å². The first-order valence-corrected chi connectivity index (χ1v) is 15.2. The molecule has 0 radical (unpaired) electrons. The fraction of sp³-hybridized carbons (Fsp3) is 0.485. The van der Waals surface area contributed by atoms with E-state index in [2.05, 4.69) is 19.8 Å². The first-order chi connectivity index (χ1) is 20.7. The number of ether oxygens (including phenoxy) is 2. The third-order valence-electron chi connectivity index (χ3n) is 9.33. The number of pyridine rings is 1. The van der Waals surface area contributed by atoms with E-state index in [1.165, 1.54) is 12.1 Å². The number of fused-ring (bicyclic) bond motifs is 2. The molecule has 1 aliphatic carbocycles. The maximum atomic E-state index is 16.7.